The SMILES string of the molecule is CCC1NCCC1(CC)c1ccc(F)cc1. The molecule has 1 aliphatic heterocycles. The van der Waals surface area contributed by atoms with Crippen molar-refractivity contribution in [1.29, 1.82) is 0 Å². The topological polar surface area (TPSA) is 12.0 Å². The van der Waals surface area contributed by atoms with Gasteiger partial charge < -0.3 is 5.32 Å². The molecular weight excluding hydrogens is 201 g/mol. The van der Waals surface area contributed by atoms with Crippen molar-refractivity contribution in [3.8, 4) is 0 Å². The summed E-state index contributed by atoms with van der Waals surface area (Å²) in [7, 11) is 0. The van der Waals surface area contributed by atoms with Crippen LogP contribution in [0.2, 0.25) is 0 Å². The second kappa shape index (κ2) is 4.54. The third-order valence-corrected chi connectivity index (χ3v) is 4.09. The molecule has 16 heavy (non-hydrogen) atoms. The molecule has 1 aromatic carbocycles. The zero-order chi connectivity index (χ0) is 11.6. The molecule has 0 amide bonds. The van der Waals surface area contributed by atoms with Gasteiger partial charge in [0.25, 0.3) is 0 Å². The molecule has 0 saturated carbocycles. The fourth-order valence-corrected chi connectivity index (χ4v) is 3.13. The zero-order valence-electron chi connectivity index (χ0n) is 10.1. The lowest BCUT2D eigenvalue weighted by molar-refractivity contribution is 0.347. The van der Waals surface area contributed by atoms with Crippen molar-refractivity contribution in [3.05, 3.63) is 35.6 Å². The van der Waals surface area contributed by atoms with Gasteiger partial charge in [-0.1, -0.05) is 26.0 Å². The van der Waals surface area contributed by atoms with Crippen molar-refractivity contribution in [3.63, 3.8) is 0 Å². The molecule has 0 spiro atoms. The van der Waals surface area contributed by atoms with Crippen LogP contribution in [0.15, 0.2) is 24.3 Å². The van der Waals surface area contributed by atoms with Crippen molar-refractivity contribution < 1.29 is 4.39 Å². The van der Waals surface area contributed by atoms with Crippen LogP contribution in [-0.4, -0.2) is 12.6 Å². The van der Waals surface area contributed by atoms with Crippen LogP contribution < -0.4 is 5.32 Å². The highest BCUT2D eigenvalue weighted by atomic mass is 19.1. The summed E-state index contributed by atoms with van der Waals surface area (Å²) in [6.07, 6.45) is 3.41. The van der Waals surface area contributed by atoms with Crippen LogP contribution in [0, 0.1) is 5.82 Å². The third kappa shape index (κ3) is 1.75. The normalized spacial score (nSPS) is 29.6. The van der Waals surface area contributed by atoms with E-state index in [0.717, 1.165) is 25.8 Å². The highest BCUT2D eigenvalue weighted by Crippen LogP contribution is 2.39. The zero-order valence-corrected chi connectivity index (χ0v) is 10.1. The Morgan fingerprint density at radius 3 is 2.56 bits per heavy atom. The summed E-state index contributed by atoms with van der Waals surface area (Å²) in [5, 5.41) is 3.57. The Hall–Kier alpha value is -0.890. The molecule has 1 saturated heterocycles. The van der Waals surface area contributed by atoms with Gasteiger partial charge in [0.15, 0.2) is 0 Å². The van der Waals surface area contributed by atoms with Crippen LogP contribution in [-0.2, 0) is 5.41 Å². The van der Waals surface area contributed by atoms with E-state index in [-0.39, 0.29) is 11.2 Å². The summed E-state index contributed by atoms with van der Waals surface area (Å²) in [5.41, 5.74) is 1.50. The minimum atomic E-state index is -0.144. The van der Waals surface area contributed by atoms with E-state index in [9.17, 15) is 4.39 Å². The molecule has 1 heterocycles. The summed E-state index contributed by atoms with van der Waals surface area (Å²) in [4.78, 5) is 0. The second-order valence-electron chi connectivity index (χ2n) is 4.68. The fourth-order valence-electron chi connectivity index (χ4n) is 3.13. The molecule has 0 aliphatic carbocycles. The van der Waals surface area contributed by atoms with Gasteiger partial charge in [0.1, 0.15) is 5.82 Å². The monoisotopic (exact) mass is 221 g/mol. The molecule has 1 nitrogen and oxygen atoms in total. The molecule has 2 heteroatoms. The van der Waals surface area contributed by atoms with Gasteiger partial charge in [-0.25, -0.2) is 4.39 Å². The molecule has 2 rings (SSSR count). The molecular formula is C14H20FN. The Morgan fingerprint density at radius 2 is 2.00 bits per heavy atom. The number of benzene rings is 1. The van der Waals surface area contributed by atoms with Crippen LogP contribution in [0.5, 0.6) is 0 Å². The summed E-state index contributed by atoms with van der Waals surface area (Å²) in [6.45, 7) is 5.53. The van der Waals surface area contributed by atoms with Crippen molar-refractivity contribution in [1.82, 2.24) is 5.32 Å². The predicted octanol–water partition coefficient (Wildman–Crippen LogP) is 3.25. The summed E-state index contributed by atoms with van der Waals surface area (Å²) in [5.74, 6) is -0.144. The number of hydrogen-bond donors (Lipinski definition) is 1. The van der Waals surface area contributed by atoms with Gasteiger partial charge in [0.2, 0.25) is 0 Å². The van der Waals surface area contributed by atoms with Gasteiger partial charge in [-0.05, 0) is 43.5 Å². The fraction of sp³-hybridized carbons (Fsp3) is 0.571. The Bertz CT molecular complexity index is 346. The second-order valence-corrected chi connectivity index (χ2v) is 4.68. The highest BCUT2D eigenvalue weighted by Gasteiger charge is 2.41. The van der Waals surface area contributed by atoms with E-state index in [2.05, 4.69) is 19.2 Å². The molecule has 2 atom stereocenters. The van der Waals surface area contributed by atoms with Crippen molar-refractivity contribution >= 4 is 0 Å². The first-order valence-corrected chi connectivity index (χ1v) is 6.22. The first-order valence-electron chi connectivity index (χ1n) is 6.22. The first kappa shape index (κ1) is 11.6. The van der Waals surface area contributed by atoms with Crippen molar-refractivity contribution in [2.75, 3.05) is 6.54 Å². The summed E-state index contributed by atoms with van der Waals surface area (Å²) in [6, 6.07) is 7.60. The van der Waals surface area contributed by atoms with Crippen molar-refractivity contribution in [2.45, 2.75) is 44.6 Å². The van der Waals surface area contributed by atoms with Gasteiger partial charge in [-0.3, -0.25) is 0 Å². The van der Waals surface area contributed by atoms with E-state index in [1.165, 1.54) is 5.56 Å². The largest absolute Gasteiger partial charge is 0.313 e. The smallest absolute Gasteiger partial charge is 0.123 e. The first-order chi connectivity index (χ1) is 7.73. The van der Waals surface area contributed by atoms with Crippen LogP contribution >= 0.6 is 0 Å². The molecule has 0 aromatic heterocycles. The number of rotatable bonds is 3. The van der Waals surface area contributed by atoms with Gasteiger partial charge in [0, 0.05) is 11.5 Å². The molecule has 1 fully saturated rings. The lowest BCUT2D eigenvalue weighted by atomic mass is 9.71. The number of nitrogens with one attached hydrogen (secondary N) is 1. The van der Waals surface area contributed by atoms with Gasteiger partial charge in [0.05, 0.1) is 0 Å². The number of halogens is 1. The van der Waals surface area contributed by atoms with Crippen LogP contribution in [0.4, 0.5) is 4.39 Å². The van der Waals surface area contributed by atoms with E-state index < -0.39 is 0 Å². The molecule has 1 aliphatic rings. The van der Waals surface area contributed by atoms with E-state index >= 15 is 0 Å². The average molecular weight is 221 g/mol. The Morgan fingerprint density at radius 1 is 1.31 bits per heavy atom. The quantitative estimate of drug-likeness (QED) is 0.826. The highest BCUT2D eigenvalue weighted by molar-refractivity contribution is 5.30. The average Bonchev–Trinajstić information content (AvgIpc) is 2.74. The van der Waals surface area contributed by atoms with E-state index in [1.807, 2.05) is 12.1 Å². The summed E-state index contributed by atoms with van der Waals surface area (Å²) >= 11 is 0. The van der Waals surface area contributed by atoms with Gasteiger partial charge in [-0.15, -0.1) is 0 Å². The minimum absolute atomic E-state index is 0.144. The maximum Gasteiger partial charge on any atom is 0.123 e. The number of hydrogen-bond acceptors (Lipinski definition) is 1. The molecule has 1 aromatic rings. The van der Waals surface area contributed by atoms with Crippen molar-refractivity contribution in [2.24, 2.45) is 0 Å². The Kier molecular flexibility index (Phi) is 3.29. The Labute approximate surface area is 97.1 Å². The lowest BCUT2D eigenvalue weighted by Crippen LogP contribution is -2.39. The minimum Gasteiger partial charge on any atom is -0.313 e. The van der Waals surface area contributed by atoms with E-state index in [4.69, 9.17) is 0 Å². The van der Waals surface area contributed by atoms with Gasteiger partial charge in [-0.2, -0.15) is 0 Å². The Balaban J connectivity index is 2.37. The third-order valence-electron chi connectivity index (χ3n) is 4.09. The van der Waals surface area contributed by atoms with Crippen LogP contribution in [0.25, 0.3) is 0 Å². The maximum absolute atomic E-state index is 13.0. The van der Waals surface area contributed by atoms with Gasteiger partial charge >= 0.3 is 0 Å². The molecule has 1 N–H and O–H groups in total. The molecule has 88 valence electrons. The molecule has 0 radical (unpaired) electrons. The molecule has 2 unspecified atom stereocenters. The standard InChI is InChI=1S/C14H20FN/c1-3-13-14(4-2,9-10-16-13)11-5-7-12(15)8-6-11/h5-8,13,16H,3-4,9-10H2,1-2H3. The summed E-state index contributed by atoms with van der Waals surface area (Å²) < 4.78 is 13.0. The predicted molar refractivity (Wildman–Crippen MR) is 65.1 cm³/mol. The van der Waals surface area contributed by atoms with E-state index in [0.29, 0.717) is 6.04 Å². The van der Waals surface area contributed by atoms with Crippen LogP contribution in [0.1, 0.15) is 38.7 Å². The van der Waals surface area contributed by atoms with E-state index in [1.54, 1.807) is 12.1 Å². The lowest BCUT2D eigenvalue weighted by Gasteiger charge is -2.34. The maximum atomic E-state index is 13.0. The molecule has 0 bridgehead atoms. The van der Waals surface area contributed by atoms with Crippen LogP contribution in [0.3, 0.4) is 0 Å².